The third-order valence-electron chi connectivity index (χ3n) is 4.68. The number of benzene rings is 2. The number of carbonyl (C=O) groups is 2. The molecule has 0 spiro atoms. The summed E-state index contributed by atoms with van der Waals surface area (Å²) in [5.41, 5.74) is 2.51. The first-order valence-electron chi connectivity index (χ1n) is 9.16. The van der Waals surface area contributed by atoms with Gasteiger partial charge in [-0.2, -0.15) is 0 Å². The third-order valence-corrected chi connectivity index (χ3v) is 4.68. The van der Waals surface area contributed by atoms with Gasteiger partial charge >= 0.3 is 12.0 Å². The number of rotatable bonds is 4. The Morgan fingerprint density at radius 2 is 1.70 bits per heavy atom. The van der Waals surface area contributed by atoms with Crippen LogP contribution in [0.2, 0.25) is 0 Å². The van der Waals surface area contributed by atoms with Crippen molar-refractivity contribution in [1.29, 1.82) is 0 Å². The van der Waals surface area contributed by atoms with Gasteiger partial charge in [-0.25, -0.2) is 9.59 Å². The molecule has 142 valence electrons. The van der Waals surface area contributed by atoms with E-state index in [-0.39, 0.29) is 12.0 Å². The number of ether oxygens (including phenoxy) is 1. The van der Waals surface area contributed by atoms with Gasteiger partial charge in [0, 0.05) is 38.4 Å². The minimum absolute atomic E-state index is 0.0505. The molecule has 1 aliphatic rings. The molecule has 27 heavy (non-hydrogen) atoms. The molecule has 1 fully saturated rings. The number of nitrogens with zero attached hydrogens (tertiary/aromatic N) is 2. The van der Waals surface area contributed by atoms with Gasteiger partial charge in [0.2, 0.25) is 0 Å². The van der Waals surface area contributed by atoms with Crippen molar-refractivity contribution < 1.29 is 14.3 Å². The molecule has 1 aliphatic heterocycles. The lowest BCUT2D eigenvalue weighted by atomic mass is 10.1. The molecule has 0 aromatic heterocycles. The average Bonchev–Trinajstić information content (AvgIpc) is 2.94. The number of hydrogen-bond donors (Lipinski definition) is 1. The highest BCUT2D eigenvalue weighted by molar-refractivity contribution is 5.89. The molecule has 0 atom stereocenters. The Morgan fingerprint density at radius 1 is 0.963 bits per heavy atom. The van der Waals surface area contributed by atoms with E-state index in [2.05, 4.69) is 10.2 Å². The van der Waals surface area contributed by atoms with Crippen molar-refractivity contribution in [2.75, 3.05) is 38.6 Å². The first kappa shape index (κ1) is 18.9. The SMILES string of the molecule is COC(=O)c1ccc(CN2CCCN(C(=O)Nc3ccccc3)CC2)cc1. The average molecular weight is 367 g/mol. The molecule has 6 nitrogen and oxygen atoms in total. The quantitative estimate of drug-likeness (QED) is 0.843. The van der Waals surface area contributed by atoms with Crippen molar-refractivity contribution in [2.45, 2.75) is 13.0 Å². The van der Waals surface area contributed by atoms with Crippen molar-refractivity contribution in [3.63, 3.8) is 0 Å². The van der Waals surface area contributed by atoms with Crippen LogP contribution >= 0.6 is 0 Å². The summed E-state index contributed by atoms with van der Waals surface area (Å²) in [5, 5.41) is 2.95. The molecule has 0 saturated carbocycles. The molecule has 2 amide bonds. The number of nitrogens with one attached hydrogen (secondary N) is 1. The van der Waals surface area contributed by atoms with Gasteiger partial charge in [0.25, 0.3) is 0 Å². The normalized spacial score (nSPS) is 15.1. The summed E-state index contributed by atoms with van der Waals surface area (Å²) in [6.45, 7) is 4.00. The number of amides is 2. The maximum atomic E-state index is 12.5. The van der Waals surface area contributed by atoms with Gasteiger partial charge in [-0.1, -0.05) is 30.3 Å². The van der Waals surface area contributed by atoms with E-state index in [1.54, 1.807) is 12.1 Å². The molecule has 2 aromatic carbocycles. The number of esters is 1. The smallest absolute Gasteiger partial charge is 0.337 e. The second kappa shape index (κ2) is 9.19. The van der Waals surface area contributed by atoms with E-state index in [0.29, 0.717) is 12.1 Å². The molecule has 0 radical (unpaired) electrons. The minimum atomic E-state index is -0.323. The fourth-order valence-electron chi connectivity index (χ4n) is 3.18. The van der Waals surface area contributed by atoms with Gasteiger partial charge in [0.15, 0.2) is 0 Å². The minimum Gasteiger partial charge on any atom is -0.465 e. The van der Waals surface area contributed by atoms with E-state index >= 15 is 0 Å². The standard InChI is InChI=1S/C21H25N3O3/c1-27-20(25)18-10-8-17(9-11-18)16-23-12-5-13-24(15-14-23)21(26)22-19-6-3-2-4-7-19/h2-4,6-11H,5,12-16H2,1H3,(H,22,26). The Bertz CT molecular complexity index is 762. The Balaban J connectivity index is 1.52. The zero-order valence-corrected chi connectivity index (χ0v) is 15.6. The lowest BCUT2D eigenvalue weighted by Gasteiger charge is -2.22. The number of urea groups is 1. The van der Waals surface area contributed by atoms with Crippen LogP contribution in [-0.4, -0.2) is 55.1 Å². The van der Waals surface area contributed by atoms with Gasteiger partial charge in [0.1, 0.15) is 0 Å². The van der Waals surface area contributed by atoms with Crippen LogP contribution in [0.25, 0.3) is 0 Å². The van der Waals surface area contributed by atoms with Crippen molar-refractivity contribution in [2.24, 2.45) is 0 Å². The summed E-state index contributed by atoms with van der Waals surface area (Å²) in [6.07, 6.45) is 0.933. The maximum Gasteiger partial charge on any atom is 0.337 e. The molecule has 1 saturated heterocycles. The van der Waals surface area contributed by atoms with E-state index < -0.39 is 0 Å². The van der Waals surface area contributed by atoms with Gasteiger partial charge in [-0.15, -0.1) is 0 Å². The Hall–Kier alpha value is -2.86. The van der Waals surface area contributed by atoms with Crippen LogP contribution in [0.1, 0.15) is 22.3 Å². The number of methoxy groups -OCH3 is 1. The van der Waals surface area contributed by atoms with Crippen LogP contribution < -0.4 is 5.32 Å². The van der Waals surface area contributed by atoms with Crippen LogP contribution in [0.5, 0.6) is 0 Å². The molecule has 0 bridgehead atoms. The predicted octanol–water partition coefficient (Wildman–Crippen LogP) is 3.21. The highest BCUT2D eigenvalue weighted by Crippen LogP contribution is 2.13. The van der Waals surface area contributed by atoms with Crippen LogP contribution in [0.15, 0.2) is 54.6 Å². The molecule has 0 aliphatic carbocycles. The summed E-state index contributed by atoms with van der Waals surface area (Å²) < 4.78 is 4.73. The summed E-state index contributed by atoms with van der Waals surface area (Å²) in [5.74, 6) is -0.323. The number of hydrogen-bond acceptors (Lipinski definition) is 4. The van der Waals surface area contributed by atoms with E-state index in [9.17, 15) is 9.59 Å². The largest absolute Gasteiger partial charge is 0.465 e. The van der Waals surface area contributed by atoms with Gasteiger partial charge < -0.3 is 15.0 Å². The molecule has 0 unspecified atom stereocenters. The third kappa shape index (κ3) is 5.31. The van der Waals surface area contributed by atoms with Crippen LogP contribution in [0.3, 0.4) is 0 Å². The molecular weight excluding hydrogens is 342 g/mol. The van der Waals surface area contributed by atoms with Crippen molar-refractivity contribution >= 4 is 17.7 Å². The fraction of sp³-hybridized carbons (Fsp3) is 0.333. The van der Waals surface area contributed by atoms with Gasteiger partial charge in [-0.05, 0) is 36.2 Å². The monoisotopic (exact) mass is 367 g/mol. The number of anilines is 1. The van der Waals surface area contributed by atoms with Crippen LogP contribution in [-0.2, 0) is 11.3 Å². The Kier molecular flexibility index (Phi) is 6.44. The molecular formula is C21H25N3O3. The lowest BCUT2D eigenvalue weighted by molar-refractivity contribution is 0.0600. The summed E-state index contributed by atoms with van der Waals surface area (Å²) >= 11 is 0. The summed E-state index contributed by atoms with van der Waals surface area (Å²) in [4.78, 5) is 28.2. The van der Waals surface area contributed by atoms with E-state index in [1.165, 1.54) is 7.11 Å². The second-order valence-electron chi connectivity index (χ2n) is 6.60. The number of carbonyl (C=O) groups excluding carboxylic acids is 2. The zero-order chi connectivity index (χ0) is 19.1. The molecule has 6 heteroatoms. The van der Waals surface area contributed by atoms with E-state index in [1.807, 2.05) is 47.4 Å². The van der Waals surface area contributed by atoms with Crippen LogP contribution in [0.4, 0.5) is 10.5 Å². The number of para-hydroxylation sites is 1. The van der Waals surface area contributed by atoms with Crippen molar-refractivity contribution in [3.8, 4) is 0 Å². The highest BCUT2D eigenvalue weighted by Gasteiger charge is 2.19. The topological polar surface area (TPSA) is 61.9 Å². The van der Waals surface area contributed by atoms with E-state index in [0.717, 1.165) is 43.9 Å². The lowest BCUT2D eigenvalue weighted by Crippen LogP contribution is -2.38. The Morgan fingerprint density at radius 3 is 2.41 bits per heavy atom. The molecule has 1 N–H and O–H groups in total. The summed E-state index contributed by atoms with van der Waals surface area (Å²) in [7, 11) is 1.38. The summed E-state index contributed by atoms with van der Waals surface area (Å²) in [6, 6.07) is 17.0. The maximum absolute atomic E-state index is 12.5. The highest BCUT2D eigenvalue weighted by atomic mass is 16.5. The van der Waals surface area contributed by atoms with Crippen LogP contribution in [0, 0.1) is 0 Å². The Labute approximate surface area is 159 Å². The van der Waals surface area contributed by atoms with Crippen molar-refractivity contribution in [3.05, 3.63) is 65.7 Å². The van der Waals surface area contributed by atoms with Gasteiger partial charge in [0.05, 0.1) is 12.7 Å². The first-order chi connectivity index (χ1) is 13.2. The second-order valence-corrected chi connectivity index (χ2v) is 6.60. The predicted molar refractivity (Wildman–Crippen MR) is 105 cm³/mol. The van der Waals surface area contributed by atoms with E-state index in [4.69, 9.17) is 4.74 Å². The fourth-order valence-corrected chi connectivity index (χ4v) is 3.18. The zero-order valence-electron chi connectivity index (χ0n) is 15.6. The molecule has 3 rings (SSSR count). The van der Waals surface area contributed by atoms with Crippen molar-refractivity contribution in [1.82, 2.24) is 9.80 Å². The molecule has 1 heterocycles. The van der Waals surface area contributed by atoms with Gasteiger partial charge in [-0.3, -0.25) is 4.90 Å². The first-order valence-corrected chi connectivity index (χ1v) is 9.16. The molecule has 2 aromatic rings.